The molecule has 0 aromatic carbocycles. The molecular weight excluding hydrogens is 364 g/mol. The minimum absolute atomic E-state index is 0.00486. The van der Waals surface area contributed by atoms with Crippen molar-refractivity contribution in [2.24, 2.45) is 0 Å². The molecule has 0 saturated carbocycles. The lowest BCUT2D eigenvalue weighted by Gasteiger charge is -2.29. The first-order valence-corrected chi connectivity index (χ1v) is 10.5. The van der Waals surface area contributed by atoms with E-state index in [0.717, 1.165) is 19.3 Å². The van der Waals surface area contributed by atoms with E-state index in [-0.39, 0.29) is 13.0 Å². The molecule has 8 heteroatoms. The van der Waals surface area contributed by atoms with Gasteiger partial charge in [0.05, 0.1) is 19.1 Å². The van der Waals surface area contributed by atoms with E-state index in [1.54, 1.807) is 6.92 Å². The van der Waals surface area contributed by atoms with Crippen molar-refractivity contribution in [3.8, 4) is 0 Å². The van der Waals surface area contributed by atoms with Crippen molar-refractivity contribution in [3.63, 3.8) is 0 Å². The molecule has 0 rings (SSSR count). The van der Waals surface area contributed by atoms with Gasteiger partial charge < -0.3 is 10.2 Å². The summed E-state index contributed by atoms with van der Waals surface area (Å²) in [6, 6.07) is -0.634. The van der Waals surface area contributed by atoms with Gasteiger partial charge in [-0.05, 0) is 12.8 Å². The van der Waals surface area contributed by atoms with Crippen molar-refractivity contribution < 1.29 is 29.8 Å². The van der Waals surface area contributed by atoms with Gasteiger partial charge in [0.15, 0.2) is 0 Å². The summed E-state index contributed by atoms with van der Waals surface area (Å²) in [5.41, 5.74) is 0. The fourth-order valence-corrected chi connectivity index (χ4v) is 3.15. The van der Waals surface area contributed by atoms with Crippen LogP contribution in [0, 0.1) is 0 Å². The first kappa shape index (κ1) is 26.3. The summed E-state index contributed by atoms with van der Waals surface area (Å²) >= 11 is 0. The smallest absolute Gasteiger partial charge is 0.317 e. The minimum Gasteiger partial charge on any atom is -0.480 e. The predicted octanol–water partition coefficient (Wildman–Crippen LogP) is 3.37. The molecule has 0 heterocycles. The van der Waals surface area contributed by atoms with Crippen LogP contribution in [0.25, 0.3) is 0 Å². The second-order valence-corrected chi connectivity index (χ2v) is 7.34. The number of hydroxylamine groups is 2. The van der Waals surface area contributed by atoms with E-state index >= 15 is 0 Å². The highest BCUT2D eigenvalue weighted by atomic mass is 16.5. The number of unbranched alkanes of at least 4 members (excludes halogenated alkanes) is 8. The summed E-state index contributed by atoms with van der Waals surface area (Å²) in [5, 5.41) is 28.6. The van der Waals surface area contributed by atoms with E-state index in [1.807, 2.05) is 0 Å². The molecule has 0 aromatic rings. The molecule has 0 fully saturated rings. The predicted molar refractivity (Wildman–Crippen MR) is 106 cm³/mol. The normalized spacial score (nSPS) is 12.1. The van der Waals surface area contributed by atoms with Crippen LogP contribution >= 0.6 is 0 Å². The van der Waals surface area contributed by atoms with Crippen LogP contribution in [-0.2, 0) is 14.4 Å². The average molecular weight is 403 g/mol. The number of carbonyl (C=O) groups is 3. The SMILES string of the molecule is CCCCCCCCCCCC(=O)N(O)C(CC)CN(CC(=O)O)CC(=O)O. The fourth-order valence-electron chi connectivity index (χ4n) is 3.15. The Balaban J connectivity index is 4.22. The first-order chi connectivity index (χ1) is 13.3. The van der Waals surface area contributed by atoms with Crippen LogP contribution in [0.3, 0.4) is 0 Å². The van der Waals surface area contributed by atoms with E-state index in [4.69, 9.17) is 10.2 Å². The van der Waals surface area contributed by atoms with Crippen LogP contribution in [0.2, 0.25) is 0 Å². The molecule has 0 bridgehead atoms. The van der Waals surface area contributed by atoms with Crippen molar-refractivity contribution in [2.75, 3.05) is 19.6 Å². The standard InChI is InChI=1S/C20H38N2O6/c1-3-5-6-7-8-9-10-11-12-13-18(23)22(28)17(4-2)14-21(15-19(24)25)16-20(26)27/h17,28H,3-16H2,1-2H3,(H,24,25)(H,26,27). The van der Waals surface area contributed by atoms with Gasteiger partial charge >= 0.3 is 11.9 Å². The molecule has 0 spiro atoms. The van der Waals surface area contributed by atoms with Crippen LogP contribution < -0.4 is 0 Å². The molecule has 164 valence electrons. The van der Waals surface area contributed by atoms with Gasteiger partial charge in [0.1, 0.15) is 0 Å². The molecule has 28 heavy (non-hydrogen) atoms. The van der Waals surface area contributed by atoms with E-state index in [0.29, 0.717) is 17.9 Å². The molecule has 3 N–H and O–H groups in total. The first-order valence-electron chi connectivity index (χ1n) is 10.5. The third-order valence-electron chi connectivity index (χ3n) is 4.75. The molecule has 1 amide bonds. The van der Waals surface area contributed by atoms with Crippen molar-refractivity contribution in [1.29, 1.82) is 0 Å². The number of carbonyl (C=O) groups excluding carboxylic acids is 1. The molecule has 0 aliphatic rings. The van der Waals surface area contributed by atoms with Gasteiger partial charge in [-0.1, -0.05) is 65.2 Å². The highest BCUT2D eigenvalue weighted by molar-refractivity contribution is 5.75. The topological polar surface area (TPSA) is 118 Å². The highest BCUT2D eigenvalue weighted by Crippen LogP contribution is 2.12. The number of rotatable bonds is 18. The third kappa shape index (κ3) is 13.5. The summed E-state index contributed by atoms with van der Waals surface area (Å²) < 4.78 is 0. The van der Waals surface area contributed by atoms with E-state index < -0.39 is 37.0 Å². The molecule has 0 radical (unpaired) electrons. The number of hydrogen-bond acceptors (Lipinski definition) is 5. The molecule has 0 aliphatic carbocycles. The minimum atomic E-state index is -1.15. The molecule has 0 aromatic heterocycles. The van der Waals surface area contributed by atoms with Crippen molar-refractivity contribution in [1.82, 2.24) is 9.96 Å². The van der Waals surface area contributed by atoms with Gasteiger partial charge in [0.2, 0.25) is 5.91 Å². The number of amides is 1. The maximum Gasteiger partial charge on any atom is 0.317 e. The molecular formula is C20H38N2O6. The van der Waals surface area contributed by atoms with Crippen molar-refractivity contribution >= 4 is 17.8 Å². The summed E-state index contributed by atoms with van der Waals surface area (Å²) in [6.07, 6.45) is 10.8. The van der Waals surface area contributed by atoms with Gasteiger partial charge in [-0.3, -0.25) is 24.5 Å². The van der Waals surface area contributed by atoms with Gasteiger partial charge in [-0.25, -0.2) is 5.06 Å². The van der Waals surface area contributed by atoms with E-state index in [1.165, 1.54) is 37.0 Å². The Bertz CT molecular complexity index is 442. The van der Waals surface area contributed by atoms with Crippen LogP contribution in [0.4, 0.5) is 0 Å². The Labute approximate surface area is 168 Å². The van der Waals surface area contributed by atoms with E-state index in [9.17, 15) is 19.6 Å². The zero-order valence-corrected chi connectivity index (χ0v) is 17.4. The molecule has 1 unspecified atom stereocenters. The van der Waals surface area contributed by atoms with Crippen LogP contribution in [0.15, 0.2) is 0 Å². The summed E-state index contributed by atoms with van der Waals surface area (Å²) in [7, 11) is 0. The lowest BCUT2D eigenvalue weighted by atomic mass is 10.1. The quantitative estimate of drug-likeness (QED) is 0.183. The molecule has 1 atom stereocenters. The average Bonchev–Trinajstić information content (AvgIpc) is 2.62. The van der Waals surface area contributed by atoms with Crippen LogP contribution in [0.1, 0.15) is 84.5 Å². The maximum atomic E-state index is 12.2. The monoisotopic (exact) mass is 402 g/mol. The Morgan fingerprint density at radius 1 is 0.786 bits per heavy atom. The van der Waals surface area contributed by atoms with Crippen molar-refractivity contribution in [3.05, 3.63) is 0 Å². The van der Waals surface area contributed by atoms with E-state index in [2.05, 4.69) is 6.92 Å². The zero-order valence-electron chi connectivity index (χ0n) is 17.4. The third-order valence-corrected chi connectivity index (χ3v) is 4.75. The Morgan fingerprint density at radius 3 is 1.68 bits per heavy atom. The number of carboxylic acid groups (broad SMARTS) is 2. The second-order valence-electron chi connectivity index (χ2n) is 7.34. The number of hydrogen-bond donors (Lipinski definition) is 3. The Morgan fingerprint density at radius 2 is 1.25 bits per heavy atom. The maximum absolute atomic E-state index is 12.2. The van der Waals surface area contributed by atoms with Gasteiger partial charge in [0, 0.05) is 13.0 Å². The number of carboxylic acids is 2. The van der Waals surface area contributed by atoms with Gasteiger partial charge in [0.25, 0.3) is 0 Å². The molecule has 8 nitrogen and oxygen atoms in total. The summed E-state index contributed by atoms with van der Waals surface area (Å²) in [6.45, 7) is 3.04. The molecule has 0 aliphatic heterocycles. The zero-order chi connectivity index (χ0) is 21.4. The second kappa shape index (κ2) is 16.3. The Hall–Kier alpha value is -1.67. The number of nitrogens with zero attached hydrogens (tertiary/aromatic N) is 2. The van der Waals surface area contributed by atoms with Crippen LogP contribution in [0.5, 0.6) is 0 Å². The van der Waals surface area contributed by atoms with Crippen molar-refractivity contribution in [2.45, 2.75) is 90.5 Å². The largest absolute Gasteiger partial charge is 0.480 e. The summed E-state index contributed by atoms with van der Waals surface area (Å²) in [5.74, 6) is -2.70. The number of aliphatic carboxylic acids is 2. The highest BCUT2D eigenvalue weighted by Gasteiger charge is 2.25. The fraction of sp³-hybridized carbons (Fsp3) is 0.850. The summed E-state index contributed by atoms with van der Waals surface area (Å²) in [4.78, 5) is 35.2. The van der Waals surface area contributed by atoms with Gasteiger partial charge in [-0.15, -0.1) is 0 Å². The van der Waals surface area contributed by atoms with Crippen LogP contribution in [-0.4, -0.2) is 68.9 Å². The van der Waals surface area contributed by atoms with Gasteiger partial charge in [-0.2, -0.15) is 0 Å². The lowest BCUT2D eigenvalue weighted by molar-refractivity contribution is -0.178. The Kier molecular flexibility index (Phi) is 15.3. The molecule has 0 saturated heterocycles. The lowest BCUT2D eigenvalue weighted by Crippen LogP contribution is -2.47.